The van der Waals surface area contributed by atoms with Crippen LogP contribution in [-0.2, 0) is 6.42 Å². The summed E-state index contributed by atoms with van der Waals surface area (Å²) in [6.45, 7) is 1.01. The first kappa shape index (κ1) is 9.48. The topological polar surface area (TPSA) is 37.8 Å². The summed E-state index contributed by atoms with van der Waals surface area (Å²) in [6.07, 6.45) is 4.49. The fourth-order valence-corrected chi connectivity index (χ4v) is 2.24. The van der Waals surface area contributed by atoms with Crippen LogP contribution in [0.4, 0.5) is 0 Å². The summed E-state index contributed by atoms with van der Waals surface area (Å²) in [5.41, 5.74) is 3.81. The average molecular weight is 211 g/mol. The predicted molar refractivity (Wildman–Crippen MR) is 62.0 cm³/mol. The lowest BCUT2D eigenvalue weighted by Crippen LogP contribution is -2.31. The number of aromatic nitrogens is 2. The minimum Gasteiger partial charge on any atom is -0.305 e. The Balaban J connectivity index is 2.05. The Labute approximate surface area is 94.6 Å². The third-order valence-electron chi connectivity index (χ3n) is 3.01. The molecule has 0 amide bonds. The van der Waals surface area contributed by atoms with Gasteiger partial charge in [0.15, 0.2) is 0 Å². The minimum atomic E-state index is 0.216. The summed E-state index contributed by atoms with van der Waals surface area (Å²) in [6, 6.07) is 10.7. The molecule has 1 aromatic heterocycles. The molecule has 16 heavy (non-hydrogen) atoms. The lowest BCUT2D eigenvalue weighted by atomic mass is 9.92. The average Bonchev–Trinajstić information content (AvgIpc) is 2.39. The van der Waals surface area contributed by atoms with Crippen LogP contribution in [0.25, 0.3) is 0 Å². The molecule has 0 aliphatic carbocycles. The molecule has 0 unspecified atom stereocenters. The van der Waals surface area contributed by atoms with E-state index in [9.17, 15) is 0 Å². The smallest absolute Gasteiger partial charge is 0.115 e. The van der Waals surface area contributed by atoms with E-state index in [1.165, 1.54) is 11.1 Å². The molecule has 1 aliphatic rings. The first-order chi connectivity index (χ1) is 7.95. The van der Waals surface area contributed by atoms with E-state index in [0.29, 0.717) is 0 Å². The van der Waals surface area contributed by atoms with Gasteiger partial charge in [0.05, 0.1) is 11.7 Å². The SMILES string of the molecule is c1ccc2c(c1)CCN[C@@H]2c1ccncn1. The van der Waals surface area contributed by atoms with Gasteiger partial charge in [-0.3, -0.25) is 0 Å². The van der Waals surface area contributed by atoms with Gasteiger partial charge in [-0.2, -0.15) is 0 Å². The summed E-state index contributed by atoms with van der Waals surface area (Å²) in [4.78, 5) is 8.28. The van der Waals surface area contributed by atoms with Gasteiger partial charge in [0, 0.05) is 12.7 Å². The molecule has 0 spiro atoms. The summed E-state index contributed by atoms with van der Waals surface area (Å²) < 4.78 is 0. The van der Waals surface area contributed by atoms with Crippen LogP contribution in [0.2, 0.25) is 0 Å². The second-order valence-corrected chi connectivity index (χ2v) is 3.97. The fourth-order valence-electron chi connectivity index (χ4n) is 2.24. The van der Waals surface area contributed by atoms with Crippen LogP contribution in [-0.4, -0.2) is 16.5 Å². The van der Waals surface area contributed by atoms with E-state index < -0.39 is 0 Å². The zero-order valence-electron chi connectivity index (χ0n) is 8.93. The second kappa shape index (κ2) is 4.02. The maximum atomic E-state index is 4.33. The molecule has 1 aromatic carbocycles. The van der Waals surface area contributed by atoms with E-state index in [-0.39, 0.29) is 6.04 Å². The highest BCUT2D eigenvalue weighted by atomic mass is 15.0. The highest BCUT2D eigenvalue weighted by Crippen LogP contribution is 2.26. The molecule has 0 fully saturated rings. The van der Waals surface area contributed by atoms with Crippen LogP contribution < -0.4 is 5.32 Å². The molecule has 1 aliphatic heterocycles. The minimum absolute atomic E-state index is 0.216. The lowest BCUT2D eigenvalue weighted by molar-refractivity contribution is 0.556. The molecule has 1 N–H and O–H groups in total. The number of hydrogen-bond donors (Lipinski definition) is 1. The van der Waals surface area contributed by atoms with Gasteiger partial charge in [-0.05, 0) is 23.6 Å². The van der Waals surface area contributed by atoms with Crippen LogP contribution in [0, 0.1) is 0 Å². The quantitative estimate of drug-likeness (QED) is 0.780. The Hall–Kier alpha value is -1.74. The molecule has 3 heteroatoms. The number of rotatable bonds is 1. The van der Waals surface area contributed by atoms with Crippen molar-refractivity contribution in [3.8, 4) is 0 Å². The van der Waals surface area contributed by atoms with E-state index in [1.807, 2.05) is 6.07 Å². The standard InChI is InChI=1S/C13H13N3/c1-2-4-11-10(3-1)5-8-15-13(11)12-6-7-14-9-16-12/h1-4,6-7,9,13,15H,5,8H2/t13-/m0/s1. The van der Waals surface area contributed by atoms with Gasteiger partial charge in [0.2, 0.25) is 0 Å². The number of nitrogens with zero attached hydrogens (tertiary/aromatic N) is 2. The summed E-state index contributed by atoms with van der Waals surface area (Å²) in [5.74, 6) is 0. The molecule has 3 rings (SSSR count). The number of nitrogens with one attached hydrogen (secondary N) is 1. The van der Waals surface area contributed by atoms with Crippen molar-refractivity contribution in [2.45, 2.75) is 12.5 Å². The predicted octanol–water partition coefficient (Wildman–Crippen LogP) is 1.71. The van der Waals surface area contributed by atoms with Gasteiger partial charge >= 0.3 is 0 Å². The van der Waals surface area contributed by atoms with Crippen LogP contribution in [0.3, 0.4) is 0 Å². The fraction of sp³-hybridized carbons (Fsp3) is 0.231. The largest absolute Gasteiger partial charge is 0.305 e. The number of benzene rings is 1. The van der Waals surface area contributed by atoms with Gasteiger partial charge in [0.1, 0.15) is 6.33 Å². The van der Waals surface area contributed by atoms with Gasteiger partial charge in [0.25, 0.3) is 0 Å². The van der Waals surface area contributed by atoms with Gasteiger partial charge in [-0.15, -0.1) is 0 Å². The summed E-state index contributed by atoms with van der Waals surface area (Å²) in [7, 11) is 0. The normalized spacial score (nSPS) is 19.1. The first-order valence-electron chi connectivity index (χ1n) is 5.52. The Kier molecular flexibility index (Phi) is 2.38. The van der Waals surface area contributed by atoms with E-state index in [1.54, 1.807) is 12.5 Å². The molecule has 3 nitrogen and oxygen atoms in total. The van der Waals surface area contributed by atoms with Crippen molar-refractivity contribution in [1.29, 1.82) is 0 Å². The maximum Gasteiger partial charge on any atom is 0.115 e. The summed E-state index contributed by atoms with van der Waals surface area (Å²) in [5, 5.41) is 3.50. The molecular weight excluding hydrogens is 198 g/mol. The molecular formula is C13H13N3. The Morgan fingerprint density at radius 2 is 2.12 bits per heavy atom. The molecule has 0 bridgehead atoms. The van der Waals surface area contributed by atoms with Crippen molar-refractivity contribution >= 4 is 0 Å². The first-order valence-corrected chi connectivity index (χ1v) is 5.52. The molecule has 0 saturated heterocycles. The van der Waals surface area contributed by atoms with Crippen molar-refractivity contribution in [3.05, 3.63) is 59.7 Å². The van der Waals surface area contributed by atoms with Crippen LogP contribution in [0.1, 0.15) is 22.9 Å². The number of hydrogen-bond acceptors (Lipinski definition) is 3. The monoisotopic (exact) mass is 211 g/mol. The Morgan fingerprint density at radius 3 is 3.00 bits per heavy atom. The second-order valence-electron chi connectivity index (χ2n) is 3.97. The molecule has 80 valence electrons. The summed E-state index contributed by atoms with van der Waals surface area (Å²) >= 11 is 0. The zero-order valence-corrected chi connectivity index (χ0v) is 8.93. The van der Waals surface area contributed by atoms with E-state index in [0.717, 1.165) is 18.7 Å². The van der Waals surface area contributed by atoms with Crippen molar-refractivity contribution in [1.82, 2.24) is 15.3 Å². The third-order valence-corrected chi connectivity index (χ3v) is 3.01. The van der Waals surface area contributed by atoms with Crippen molar-refractivity contribution in [3.63, 3.8) is 0 Å². The van der Waals surface area contributed by atoms with Gasteiger partial charge in [-0.1, -0.05) is 24.3 Å². The highest BCUT2D eigenvalue weighted by molar-refractivity contribution is 5.36. The molecule has 0 saturated carbocycles. The van der Waals surface area contributed by atoms with Crippen molar-refractivity contribution < 1.29 is 0 Å². The maximum absolute atomic E-state index is 4.33. The third kappa shape index (κ3) is 1.59. The van der Waals surface area contributed by atoms with Gasteiger partial charge < -0.3 is 5.32 Å². The molecule has 2 heterocycles. The Bertz CT molecular complexity index is 482. The Morgan fingerprint density at radius 1 is 1.19 bits per heavy atom. The van der Waals surface area contributed by atoms with Crippen molar-refractivity contribution in [2.24, 2.45) is 0 Å². The van der Waals surface area contributed by atoms with E-state index in [2.05, 4.69) is 39.6 Å². The van der Waals surface area contributed by atoms with Crippen LogP contribution in [0.5, 0.6) is 0 Å². The highest BCUT2D eigenvalue weighted by Gasteiger charge is 2.21. The number of fused-ring (bicyclic) bond motifs is 1. The van der Waals surface area contributed by atoms with Crippen LogP contribution >= 0.6 is 0 Å². The molecule has 0 radical (unpaired) electrons. The molecule has 2 aromatic rings. The van der Waals surface area contributed by atoms with E-state index >= 15 is 0 Å². The van der Waals surface area contributed by atoms with Crippen LogP contribution in [0.15, 0.2) is 42.9 Å². The molecule has 1 atom stereocenters. The van der Waals surface area contributed by atoms with Crippen molar-refractivity contribution in [2.75, 3.05) is 6.54 Å². The lowest BCUT2D eigenvalue weighted by Gasteiger charge is -2.26. The zero-order chi connectivity index (χ0) is 10.8. The van der Waals surface area contributed by atoms with Gasteiger partial charge in [-0.25, -0.2) is 9.97 Å². The van der Waals surface area contributed by atoms with E-state index in [4.69, 9.17) is 0 Å².